The lowest BCUT2D eigenvalue weighted by atomic mass is 10.0. The molecule has 1 aromatic carbocycles. The Morgan fingerprint density at radius 2 is 2.12 bits per heavy atom. The maximum atomic E-state index is 11.8. The highest BCUT2D eigenvalue weighted by atomic mass is 35.5. The lowest BCUT2D eigenvalue weighted by molar-refractivity contribution is -0.117. The Balaban J connectivity index is 2.22. The Bertz CT molecular complexity index is 417. The van der Waals surface area contributed by atoms with E-state index in [0.717, 1.165) is 17.8 Å². The van der Waals surface area contributed by atoms with Crippen LogP contribution in [0.1, 0.15) is 20.3 Å². The fourth-order valence-corrected chi connectivity index (χ4v) is 2.03. The lowest BCUT2D eigenvalue weighted by Crippen LogP contribution is -2.39. The number of fused-ring (bicyclic) bond motifs is 1. The molecule has 0 radical (unpaired) electrons. The highest BCUT2D eigenvalue weighted by Crippen LogP contribution is 2.30. The summed E-state index contributed by atoms with van der Waals surface area (Å²) in [4.78, 5) is 11.8. The first kappa shape index (κ1) is 11.3. The van der Waals surface area contributed by atoms with E-state index in [1.165, 1.54) is 0 Å². The van der Waals surface area contributed by atoms with Gasteiger partial charge in [0.15, 0.2) is 0 Å². The average molecular weight is 239 g/mol. The third-order valence-electron chi connectivity index (χ3n) is 2.59. The fourth-order valence-electron chi connectivity index (χ4n) is 1.86. The van der Waals surface area contributed by atoms with Crippen LogP contribution < -0.4 is 10.6 Å². The summed E-state index contributed by atoms with van der Waals surface area (Å²) in [7, 11) is 0. The molecule has 16 heavy (non-hydrogen) atoms. The van der Waals surface area contributed by atoms with Crippen molar-refractivity contribution in [2.24, 2.45) is 5.92 Å². The molecule has 0 spiro atoms. The van der Waals surface area contributed by atoms with Crippen molar-refractivity contribution >= 4 is 28.9 Å². The minimum absolute atomic E-state index is 0.0171. The second-order valence-corrected chi connectivity index (χ2v) is 4.94. The van der Waals surface area contributed by atoms with Crippen LogP contribution >= 0.6 is 11.6 Å². The smallest absolute Gasteiger partial charge is 0.246 e. The number of amides is 1. The second kappa shape index (κ2) is 4.34. The molecule has 4 heteroatoms. The van der Waals surface area contributed by atoms with Crippen LogP contribution in [-0.2, 0) is 4.79 Å². The summed E-state index contributed by atoms with van der Waals surface area (Å²) in [6.07, 6.45) is 0.827. The zero-order valence-corrected chi connectivity index (χ0v) is 10.1. The summed E-state index contributed by atoms with van der Waals surface area (Å²) < 4.78 is 0. The van der Waals surface area contributed by atoms with Crippen molar-refractivity contribution < 1.29 is 4.79 Å². The first-order chi connectivity index (χ1) is 7.56. The van der Waals surface area contributed by atoms with Crippen molar-refractivity contribution in [3.8, 4) is 0 Å². The Hall–Kier alpha value is -1.22. The summed E-state index contributed by atoms with van der Waals surface area (Å²) in [5, 5.41) is 6.73. The number of nitrogens with one attached hydrogen (secondary N) is 2. The largest absolute Gasteiger partial charge is 0.372 e. The van der Waals surface area contributed by atoms with Crippen molar-refractivity contribution in [1.29, 1.82) is 0 Å². The van der Waals surface area contributed by atoms with Crippen molar-refractivity contribution in [3.63, 3.8) is 0 Å². The maximum Gasteiger partial charge on any atom is 0.246 e. The Labute approximate surface area is 100 Å². The van der Waals surface area contributed by atoms with Crippen LogP contribution in [0.25, 0.3) is 0 Å². The van der Waals surface area contributed by atoms with E-state index in [9.17, 15) is 4.79 Å². The van der Waals surface area contributed by atoms with Gasteiger partial charge in [0.25, 0.3) is 0 Å². The van der Waals surface area contributed by atoms with Crippen molar-refractivity contribution in [2.75, 3.05) is 10.6 Å². The summed E-state index contributed by atoms with van der Waals surface area (Å²) in [5.41, 5.74) is 1.70. The first-order valence-corrected chi connectivity index (χ1v) is 5.81. The van der Waals surface area contributed by atoms with Gasteiger partial charge in [-0.1, -0.05) is 25.4 Å². The molecule has 0 aliphatic carbocycles. The van der Waals surface area contributed by atoms with Gasteiger partial charge in [-0.05, 0) is 30.5 Å². The number of benzene rings is 1. The Kier molecular flexibility index (Phi) is 3.06. The van der Waals surface area contributed by atoms with Crippen LogP contribution in [0.2, 0.25) is 5.02 Å². The van der Waals surface area contributed by atoms with Gasteiger partial charge in [0.05, 0.1) is 11.4 Å². The number of rotatable bonds is 2. The van der Waals surface area contributed by atoms with Crippen LogP contribution in [0, 0.1) is 5.92 Å². The molecule has 0 aromatic heterocycles. The third-order valence-corrected chi connectivity index (χ3v) is 2.83. The summed E-state index contributed by atoms with van der Waals surface area (Å²) >= 11 is 5.87. The molecule has 3 nitrogen and oxygen atoms in total. The van der Waals surface area contributed by atoms with Crippen LogP contribution in [0.15, 0.2) is 18.2 Å². The molecule has 1 amide bonds. The number of carbonyl (C=O) groups is 1. The van der Waals surface area contributed by atoms with Crippen LogP contribution in [0.4, 0.5) is 11.4 Å². The Morgan fingerprint density at radius 1 is 1.38 bits per heavy atom. The van der Waals surface area contributed by atoms with E-state index in [0.29, 0.717) is 10.9 Å². The summed E-state index contributed by atoms with van der Waals surface area (Å²) in [6.45, 7) is 4.21. The predicted octanol–water partition coefficient (Wildman–Crippen LogP) is 3.12. The lowest BCUT2D eigenvalue weighted by Gasteiger charge is -2.27. The van der Waals surface area contributed by atoms with E-state index < -0.39 is 0 Å². The van der Waals surface area contributed by atoms with Gasteiger partial charge in [-0.25, -0.2) is 0 Å². The number of hydrogen-bond donors (Lipinski definition) is 2. The standard InChI is InChI=1S/C12H15ClN2O/c1-7(2)5-11-12(16)15-10-6-8(13)3-4-9(10)14-11/h3-4,6-7,11,14H,5H2,1-2H3,(H,15,16)/t11-/m1/s1. The number of hydrogen-bond acceptors (Lipinski definition) is 2. The maximum absolute atomic E-state index is 11.8. The van der Waals surface area contributed by atoms with E-state index in [4.69, 9.17) is 11.6 Å². The van der Waals surface area contributed by atoms with Gasteiger partial charge in [0.2, 0.25) is 5.91 Å². The molecule has 2 N–H and O–H groups in total. The molecule has 1 atom stereocenters. The molecular formula is C12H15ClN2O. The van der Waals surface area contributed by atoms with Crippen molar-refractivity contribution in [2.45, 2.75) is 26.3 Å². The van der Waals surface area contributed by atoms with Gasteiger partial charge in [-0.2, -0.15) is 0 Å². The molecule has 2 rings (SSSR count). The SMILES string of the molecule is CC(C)C[C@H]1Nc2ccc(Cl)cc2NC1=O. The van der Waals surface area contributed by atoms with E-state index in [2.05, 4.69) is 24.5 Å². The van der Waals surface area contributed by atoms with E-state index in [1.54, 1.807) is 6.07 Å². The molecule has 1 heterocycles. The normalized spacial score (nSPS) is 19.0. The van der Waals surface area contributed by atoms with E-state index >= 15 is 0 Å². The minimum atomic E-state index is -0.145. The van der Waals surface area contributed by atoms with E-state index in [-0.39, 0.29) is 11.9 Å². The number of carbonyl (C=O) groups excluding carboxylic acids is 1. The van der Waals surface area contributed by atoms with Gasteiger partial charge in [-0.3, -0.25) is 4.79 Å². The van der Waals surface area contributed by atoms with E-state index in [1.807, 2.05) is 12.1 Å². The molecule has 86 valence electrons. The molecule has 1 aliphatic heterocycles. The minimum Gasteiger partial charge on any atom is -0.372 e. The van der Waals surface area contributed by atoms with Gasteiger partial charge in [0, 0.05) is 5.02 Å². The molecule has 0 saturated carbocycles. The topological polar surface area (TPSA) is 41.1 Å². The quantitative estimate of drug-likeness (QED) is 0.831. The fraction of sp³-hybridized carbons (Fsp3) is 0.417. The second-order valence-electron chi connectivity index (χ2n) is 4.51. The molecule has 1 aliphatic rings. The molecule has 0 saturated heterocycles. The molecule has 0 fully saturated rings. The monoisotopic (exact) mass is 238 g/mol. The van der Waals surface area contributed by atoms with Gasteiger partial charge in [0.1, 0.15) is 6.04 Å². The number of anilines is 2. The van der Waals surface area contributed by atoms with Gasteiger partial charge < -0.3 is 10.6 Å². The zero-order chi connectivity index (χ0) is 11.7. The summed E-state index contributed by atoms with van der Waals surface area (Å²) in [6, 6.07) is 5.32. The van der Waals surface area contributed by atoms with Crippen molar-refractivity contribution in [1.82, 2.24) is 0 Å². The Morgan fingerprint density at radius 3 is 2.81 bits per heavy atom. The molecular weight excluding hydrogens is 224 g/mol. The van der Waals surface area contributed by atoms with Crippen LogP contribution in [0.3, 0.4) is 0 Å². The summed E-state index contributed by atoms with van der Waals surface area (Å²) in [5.74, 6) is 0.501. The van der Waals surface area contributed by atoms with Crippen LogP contribution in [0.5, 0.6) is 0 Å². The zero-order valence-electron chi connectivity index (χ0n) is 9.38. The number of halogens is 1. The molecule has 1 aromatic rings. The van der Waals surface area contributed by atoms with Crippen LogP contribution in [-0.4, -0.2) is 11.9 Å². The average Bonchev–Trinajstić information content (AvgIpc) is 2.19. The van der Waals surface area contributed by atoms with Gasteiger partial charge in [-0.15, -0.1) is 0 Å². The predicted molar refractivity (Wildman–Crippen MR) is 66.9 cm³/mol. The molecule has 0 unspecified atom stereocenters. The highest BCUT2D eigenvalue weighted by molar-refractivity contribution is 6.31. The highest BCUT2D eigenvalue weighted by Gasteiger charge is 2.25. The third kappa shape index (κ3) is 2.30. The van der Waals surface area contributed by atoms with Gasteiger partial charge >= 0.3 is 0 Å². The van der Waals surface area contributed by atoms with Crippen molar-refractivity contribution in [3.05, 3.63) is 23.2 Å². The molecule has 0 bridgehead atoms. The first-order valence-electron chi connectivity index (χ1n) is 5.43.